The van der Waals surface area contributed by atoms with E-state index in [1.165, 1.54) is 0 Å². The van der Waals surface area contributed by atoms with Crippen molar-refractivity contribution in [3.05, 3.63) is 53.0 Å². The van der Waals surface area contributed by atoms with Crippen LogP contribution in [-0.2, 0) is 4.74 Å². The summed E-state index contributed by atoms with van der Waals surface area (Å²) in [6.45, 7) is 3.79. The topological polar surface area (TPSA) is 84.4 Å². The highest BCUT2D eigenvalue weighted by atomic mass is 32.2. The van der Waals surface area contributed by atoms with Gasteiger partial charge in [0.1, 0.15) is 4.88 Å². The van der Waals surface area contributed by atoms with Crippen molar-refractivity contribution in [1.29, 1.82) is 0 Å². The number of hydrogen-bond acceptors (Lipinski definition) is 7. The van der Waals surface area contributed by atoms with Crippen molar-refractivity contribution in [2.75, 3.05) is 16.8 Å². The number of ether oxygens (including phenoxy) is 1. The minimum absolute atomic E-state index is 0.199. The predicted octanol–water partition coefficient (Wildman–Crippen LogP) is 4.86. The van der Waals surface area contributed by atoms with E-state index in [0.717, 1.165) is 27.0 Å². The quantitative estimate of drug-likeness (QED) is 0.661. The third-order valence-corrected chi connectivity index (χ3v) is 6.04. The lowest BCUT2D eigenvalue weighted by Gasteiger charge is -2.31. The highest BCUT2D eigenvalue weighted by molar-refractivity contribution is 7.99. The fraction of sp³-hybridized carbons (Fsp3) is 0.158. The van der Waals surface area contributed by atoms with Gasteiger partial charge in [-0.1, -0.05) is 28.4 Å². The summed E-state index contributed by atoms with van der Waals surface area (Å²) in [7, 11) is 0. The van der Waals surface area contributed by atoms with E-state index >= 15 is 0 Å². The van der Waals surface area contributed by atoms with Gasteiger partial charge < -0.3 is 4.74 Å². The second-order valence-corrected chi connectivity index (χ2v) is 7.76. The van der Waals surface area contributed by atoms with Crippen LogP contribution < -0.4 is 10.2 Å². The first-order valence-corrected chi connectivity index (χ1v) is 10.2. The molecule has 2 heterocycles. The summed E-state index contributed by atoms with van der Waals surface area (Å²) >= 11 is 2.65. The molecule has 4 rings (SSSR count). The number of fused-ring (bicyclic) bond motifs is 2. The van der Waals surface area contributed by atoms with Gasteiger partial charge in [0.25, 0.3) is 5.91 Å². The standard InChI is InChI=1S/C19H16N4O3S2/c1-3-26-19(25)20-12-8-9-16-14(10-12)23(13-6-4-5-7-15(13)27-16)18(24)17-11(2)21-22-28-17/h4-10H,3H2,1-2H3,(H,20,25). The monoisotopic (exact) mass is 412 g/mol. The van der Waals surface area contributed by atoms with Gasteiger partial charge in [-0.2, -0.15) is 0 Å². The Morgan fingerprint density at radius 1 is 1.14 bits per heavy atom. The van der Waals surface area contributed by atoms with Crippen LogP contribution in [0.25, 0.3) is 0 Å². The fourth-order valence-electron chi connectivity index (χ4n) is 2.87. The molecular weight excluding hydrogens is 396 g/mol. The van der Waals surface area contributed by atoms with Crippen LogP contribution in [0.4, 0.5) is 21.9 Å². The first-order chi connectivity index (χ1) is 13.6. The highest BCUT2D eigenvalue weighted by Gasteiger charge is 2.31. The van der Waals surface area contributed by atoms with Crippen LogP contribution in [0.15, 0.2) is 52.3 Å². The maximum atomic E-state index is 13.4. The third-order valence-electron chi connectivity index (χ3n) is 4.10. The number of aryl methyl sites for hydroxylation is 1. The zero-order chi connectivity index (χ0) is 19.7. The molecule has 1 aliphatic heterocycles. The van der Waals surface area contributed by atoms with Crippen molar-refractivity contribution in [2.45, 2.75) is 23.6 Å². The van der Waals surface area contributed by atoms with Crippen molar-refractivity contribution < 1.29 is 14.3 Å². The number of nitrogens with one attached hydrogen (secondary N) is 1. The summed E-state index contributed by atoms with van der Waals surface area (Å²) in [6, 6.07) is 13.2. The number of hydrogen-bond donors (Lipinski definition) is 1. The third kappa shape index (κ3) is 3.34. The maximum Gasteiger partial charge on any atom is 0.411 e. The molecule has 2 amide bonds. The van der Waals surface area contributed by atoms with E-state index in [9.17, 15) is 9.59 Å². The second kappa shape index (κ2) is 7.61. The van der Waals surface area contributed by atoms with E-state index in [4.69, 9.17) is 4.74 Å². The number of amides is 2. The number of carbonyl (C=O) groups excluding carboxylic acids is 2. The summed E-state index contributed by atoms with van der Waals surface area (Å²) in [5.74, 6) is -0.199. The molecule has 1 aromatic heterocycles. The van der Waals surface area contributed by atoms with Crippen molar-refractivity contribution >= 4 is 52.4 Å². The Morgan fingerprint density at radius 3 is 2.68 bits per heavy atom. The summed E-state index contributed by atoms with van der Waals surface area (Å²) in [5, 5.41) is 6.66. The molecule has 2 aromatic carbocycles. The Bertz CT molecular complexity index is 1070. The SMILES string of the molecule is CCOC(=O)Nc1ccc2c(c1)N(C(=O)c1snnc1C)c1ccccc1S2. The number of aromatic nitrogens is 2. The van der Waals surface area contributed by atoms with Crippen LogP contribution in [0.5, 0.6) is 0 Å². The number of carbonyl (C=O) groups is 2. The van der Waals surface area contributed by atoms with Crippen LogP contribution >= 0.6 is 23.3 Å². The van der Waals surface area contributed by atoms with E-state index in [-0.39, 0.29) is 12.5 Å². The molecular formula is C19H16N4O3S2. The summed E-state index contributed by atoms with van der Waals surface area (Å²) in [5.41, 5.74) is 2.61. The molecule has 0 atom stereocenters. The Kier molecular flexibility index (Phi) is 5.01. The lowest BCUT2D eigenvalue weighted by Crippen LogP contribution is -2.28. The van der Waals surface area contributed by atoms with Gasteiger partial charge in [-0.05, 0) is 55.7 Å². The minimum atomic E-state index is -0.535. The molecule has 0 saturated heterocycles. The van der Waals surface area contributed by atoms with Gasteiger partial charge in [0.2, 0.25) is 0 Å². The van der Waals surface area contributed by atoms with Crippen molar-refractivity contribution in [3.63, 3.8) is 0 Å². The molecule has 0 bridgehead atoms. The molecule has 0 saturated carbocycles. The van der Waals surface area contributed by atoms with Gasteiger partial charge in [-0.3, -0.25) is 15.0 Å². The molecule has 0 unspecified atom stereocenters. The zero-order valence-corrected chi connectivity index (χ0v) is 16.8. The van der Waals surface area contributed by atoms with Gasteiger partial charge in [0, 0.05) is 15.5 Å². The van der Waals surface area contributed by atoms with Gasteiger partial charge in [-0.15, -0.1) is 5.10 Å². The van der Waals surface area contributed by atoms with Crippen molar-refractivity contribution in [2.24, 2.45) is 0 Å². The first-order valence-electron chi connectivity index (χ1n) is 8.56. The van der Waals surface area contributed by atoms with E-state index < -0.39 is 6.09 Å². The second-order valence-electron chi connectivity index (χ2n) is 5.93. The van der Waals surface area contributed by atoms with Gasteiger partial charge in [-0.25, -0.2) is 4.79 Å². The fourth-order valence-corrected chi connectivity index (χ4v) is 4.49. The Balaban J connectivity index is 1.80. The maximum absolute atomic E-state index is 13.4. The average Bonchev–Trinajstić information content (AvgIpc) is 3.12. The number of benzene rings is 2. The van der Waals surface area contributed by atoms with E-state index in [1.807, 2.05) is 30.3 Å². The Morgan fingerprint density at radius 2 is 1.93 bits per heavy atom. The lowest BCUT2D eigenvalue weighted by molar-refractivity contribution is 0.100. The number of rotatable bonds is 3. The van der Waals surface area contributed by atoms with Crippen LogP contribution in [0.1, 0.15) is 22.3 Å². The molecule has 1 N–H and O–H groups in total. The molecule has 0 spiro atoms. The highest BCUT2D eigenvalue weighted by Crippen LogP contribution is 2.49. The van der Waals surface area contributed by atoms with Crippen LogP contribution in [0.3, 0.4) is 0 Å². The molecule has 28 heavy (non-hydrogen) atoms. The predicted molar refractivity (Wildman–Crippen MR) is 109 cm³/mol. The van der Waals surface area contributed by atoms with Crippen molar-refractivity contribution in [3.8, 4) is 0 Å². The molecule has 9 heteroatoms. The average molecular weight is 412 g/mol. The molecule has 1 aliphatic rings. The van der Waals surface area contributed by atoms with Crippen molar-refractivity contribution in [1.82, 2.24) is 9.59 Å². The number of para-hydroxylation sites is 1. The lowest BCUT2D eigenvalue weighted by atomic mass is 10.2. The Labute approximate surface area is 169 Å². The van der Waals surface area contributed by atoms with Gasteiger partial charge in [0.05, 0.1) is 23.7 Å². The Hall–Kier alpha value is -2.91. The molecule has 0 aliphatic carbocycles. The smallest absolute Gasteiger partial charge is 0.411 e. The molecule has 0 radical (unpaired) electrons. The van der Waals surface area contributed by atoms with Gasteiger partial charge in [0.15, 0.2) is 0 Å². The minimum Gasteiger partial charge on any atom is -0.450 e. The van der Waals surface area contributed by atoms with Crippen LogP contribution in [0.2, 0.25) is 0 Å². The molecule has 142 valence electrons. The first kappa shape index (κ1) is 18.5. The van der Waals surface area contributed by atoms with E-state index in [1.54, 1.807) is 42.6 Å². The largest absolute Gasteiger partial charge is 0.450 e. The normalized spacial score (nSPS) is 12.1. The van der Waals surface area contributed by atoms with E-state index in [0.29, 0.717) is 21.9 Å². The number of anilines is 3. The summed E-state index contributed by atoms with van der Waals surface area (Å²) in [4.78, 5) is 29.2. The van der Waals surface area contributed by atoms with Gasteiger partial charge >= 0.3 is 6.09 Å². The zero-order valence-electron chi connectivity index (χ0n) is 15.1. The van der Waals surface area contributed by atoms with Crippen LogP contribution in [-0.4, -0.2) is 28.2 Å². The van der Waals surface area contributed by atoms with E-state index in [2.05, 4.69) is 14.9 Å². The molecule has 3 aromatic rings. The number of nitrogens with zero attached hydrogens (tertiary/aromatic N) is 3. The molecule has 0 fully saturated rings. The molecule has 7 nitrogen and oxygen atoms in total. The summed E-state index contributed by atoms with van der Waals surface area (Å²) in [6.07, 6.45) is -0.535. The van der Waals surface area contributed by atoms with Crippen LogP contribution in [0, 0.1) is 6.92 Å². The summed E-state index contributed by atoms with van der Waals surface area (Å²) < 4.78 is 8.84.